The van der Waals surface area contributed by atoms with Crippen molar-refractivity contribution in [2.45, 2.75) is 52.9 Å². The Morgan fingerprint density at radius 3 is 2.00 bits per heavy atom. The zero-order valence-electron chi connectivity index (χ0n) is 13.8. The second-order valence-corrected chi connectivity index (χ2v) is 6.75. The van der Waals surface area contributed by atoms with E-state index in [0.717, 1.165) is 57.6 Å². The number of aromatic nitrogens is 3. The lowest BCUT2D eigenvalue weighted by Gasteiger charge is -2.38. The van der Waals surface area contributed by atoms with E-state index in [-0.39, 0.29) is 0 Å². The number of hydrogen-bond acceptors (Lipinski definition) is 5. The van der Waals surface area contributed by atoms with Crippen LogP contribution in [0, 0.1) is 0 Å². The average molecular weight is 292 g/mol. The fourth-order valence-corrected chi connectivity index (χ4v) is 3.27. The summed E-state index contributed by atoms with van der Waals surface area (Å²) in [6.07, 6.45) is 0. The lowest BCUT2D eigenvalue weighted by atomic mass is 10.2. The molecule has 1 aromatic rings. The molecule has 3 heterocycles. The van der Waals surface area contributed by atoms with E-state index in [0.29, 0.717) is 12.1 Å². The molecule has 0 atom stereocenters. The molecule has 0 amide bonds. The van der Waals surface area contributed by atoms with Gasteiger partial charge in [0.25, 0.3) is 0 Å². The maximum atomic E-state index is 4.48. The van der Waals surface area contributed by atoms with Gasteiger partial charge in [-0.25, -0.2) is 0 Å². The number of piperazine rings is 1. The third-order valence-electron chi connectivity index (χ3n) is 4.82. The molecule has 0 saturated carbocycles. The van der Waals surface area contributed by atoms with Crippen LogP contribution in [-0.4, -0.2) is 69.4 Å². The Balaban J connectivity index is 1.69. The number of fused-ring (bicyclic) bond motifs is 1. The van der Waals surface area contributed by atoms with Gasteiger partial charge in [-0.1, -0.05) is 0 Å². The zero-order valence-corrected chi connectivity index (χ0v) is 13.8. The van der Waals surface area contributed by atoms with Gasteiger partial charge in [0, 0.05) is 51.4 Å². The highest BCUT2D eigenvalue weighted by molar-refractivity contribution is 5.32. The molecule has 2 aliphatic heterocycles. The van der Waals surface area contributed by atoms with E-state index in [1.165, 1.54) is 0 Å². The Labute approximate surface area is 127 Å². The van der Waals surface area contributed by atoms with Crippen molar-refractivity contribution in [1.29, 1.82) is 0 Å². The summed E-state index contributed by atoms with van der Waals surface area (Å²) in [4.78, 5) is 7.40. The van der Waals surface area contributed by atoms with Gasteiger partial charge in [-0.2, -0.15) is 0 Å². The summed E-state index contributed by atoms with van der Waals surface area (Å²) in [5.74, 6) is 2.20. The molecule has 0 bridgehead atoms. The molecule has 6 nitrogen and oxygen atoms in total. The number of hydrogen-bond donors (Lipinski definition) is 0. The van der Waals surface area contributed by atoms with E-state index in [4.69, 9.17) is 0 Å². The first-order chi connectivity index (χ1) is 10.1. The van der Waals surface area contributed by atoms with Crippen LogP contribution in [0.3, 0.4) is 0 Å². The number of nitrogens with zero attached hydrogens (tertiary/aromatic N) is 6. The highest BCUT2D eigenvalue weighted by Gasteiger charge is 2.27. The fourth-order valence-electron chi connectivity index (χ4n) is 3.27. The summed E-state index contributed by atoms with van der Waals surface area (Å²) in [7, 11) is 0. The highest BCUT2D eigenvalue weighted by Crippen LogP contribution is 2.21. The quantitative estimate of drug-likeness (QED) is 0.832. The lowest BCUT2D eigenvalue weighted by Crippen LogP contribution is -2.50. The van der Waals surface area contributed by atoms with E-state index in [1.807, 2.05) is 0 Å². The molecule has 3 rings (SSSR count). The average Bonchev–Trinajstić information content (AvgIpc) is 2.90. The van der Waals surface area contributed by atoms with Gasteiger partial charge in [0.15, 0.2) is 0 Å². The van der Waals surface area contributed by atoms with Gasteiger partial charge in [-0.15, -0.1) is 10.2 Å². The Morgan fingerprint density at radius 1 is 0.762 bits per heavy atom. The van der Waals surface area contributed by atoms with Gasteiger partial charge in [0.2, 0.25) is 5.95 Å². The van der Waals surface area contributed by atoms with Crippen LogP contribution in [0.5, 0.6) is 0 Å². The topological polar surface area (TPSA) is 40.4 Å². The Morgan fingerprint density at radius 2 is 1.38 bits per heavy atom. The van der Waals surface area contributed by atoms with Crippen LogP contribution >= 0.6 is 0 Å². The fraction of sp³-hybridized carbons (Fsp3) is 0.867. The lowest BCUT2D eigenvalue weighted by molar-refractivity contribution is 0.172. The standard InChI is InChI=1S/C15H28N6/c1-12(2)18-5-7-19(8-6-18)15-17-16-14-11-20(13(3)4)9-10-21(14)15/h12-13H,5-11H2,1-4H3. The van der Waals surface area contributed by atoms with Crippen LogP contribution in [0.4, 0.5) is 5.95 Å². The monoisotopic (exact) mass is 292 g/mol. The van der Waals surface area contributed by atoms with E-state index in [1.54, 1.807) is 0 Å². The SMILES string of the molecule is CC(C)N1CCN(c2nnc3n2CCN(C(C)C)C3)CC1. The van der Waals surface area contributed by atoms with Crippen molar-refractivity contribution in [2.75, 3.05) is 37.6 Å². The van der Waals surface area contributed by atoms with Crippen molar-refractivity contribution >= 4 is 5.95 Å². The van der Waals surface area contributed by atoms with Gasteiger partial charge < -0.3 is 4.90 Å². The second kappa shape index (κ2) is 5.93. The minimum Gasteiger partial charge on any atom is -0.338 e. The molecule has 2 aliphatic rings. The highest BCUT2D eigenvalue weighted by atomic mass is 15.4. The summed E-state index contributed by atoms with van der Waals surface area (Å²) in [5, 5.41) is 8.91. The predicted molar refractivity (Wildman–Crippen MR) is 84.5 cm³/mol. The molecule has 0 aliphatic carbocycles. The van der Waals surface area contributed by atoms with E-state index >= 15 is 0 Å². The van der Waals surface area contributed by atoms with Crippen molar-refractivity contribution < 1.29 is 0 Å². The summed E-state index contributed by atoms with van der Waals surface area (Å²) in [5.41, 5.74) is 0. The maximum Gasteiger partial charge on any atom is 0.227 e. The molecule has 1 aromatic heterocycles. The smallest absolute Gasteiger partial charge is 0.227 e. The molecule has 0 unspecified atom stereocenters. The first-order valence-electron chi connectivity index (χ1n) is 8.21. The van der Waals surface area contributed by atoms with Crippen molar-refractivity contribution in [2.24, 2.45) is 0 Å². The van der Waals surface area contributed by atoms with E-state index in [9.17, 15) is 0 Å². The third kappa shape index (κ3) is 2.92. The number of rotatable bonds is 3. The minimum absolute atomic E-state index is 0.577. The first-order valence-corrected chi connectivity index (χ1v) is 8.21. The van der Waals surface area contributed by atoms with Crippen LogP contribution in [0.25, 0.3) is 0 Å². The molecule has 0 N–H and O–H groups in total. The Hall–Kier alpha value is -1.14. The van der Waals surface area contributed by atoms with Crippen LogP contribution in [0.1, 0.15) is 33.5 Å². The van der Waals surface area contributed by atoms with Crippen LogP contribution in [0.15, 0.2) is 0 Å². The summed E-state index contributed by atoms with van der Waals surface area (Å²) in [6, 6.07) is 1.22. The largest absolute Gasteiger partial charge is 0.338 e. The van der Waals surface area contributed by atoms with Gasteiger partial charge in [-0.3, -0.25) is 14.4 Å². The molecule has 118 valence electrons. The van der Waals surface area contributed by atoms with Crippen LogP contribution in [0.2, 0.25) is 0 Å². The van der Waals surface area contributed by atoms with Crippen LogP contribution < -0.4 is 4.90 Å². The molecule has 0 radical (unpaired) electrons. The summed E-state index contributed by atoms with van der Waals surface area (Å²) >= 11 is 0. The molecule has 1 saturated heterocycles. The summed E-state index contributed by atoms with van der Waals surface area (Å²) < 4.78 is 2.32. The van der Waals surface area contributed by atoms with Crippen molar-refractivity contribution in [3.63, 3.8) is 0 Å². The predicted octanol–water partition coefficient (Wildman–Crippen LogP) is 1.03. The maximum absolute atomic E-state index is 4.48. The van der Waals surface area contributed by atoms with Crippen LogP contribution in [-0.2, 0) is 13.1 Å². The summed E-state index contributed by atoms with van der Waals surface area (Å²) in [6.45, 7) is 16.4. The molecule has 0 spiro atoms. The first kappa shape index (κ1) is 14.8. The van der Waals surface area contributed by atoms with Gasteiger partial charge in [-0.05, 0) is 27.7 Å². The Kier molecular flexibility index (Phi) is 4.17. The number of anilines is 1. The van der Waals surface area contributed by atoms with Gasteiger partial charge >= 0.3 is 0 Å². The molecule has 6 heteroatoms. The molecular weight excluding hydrogens is 264 g/mol. The molecular formula is C15H28N6. The molecule has 21 heavy (non-hydrogen) atoms. The van der Waals surface area contributed by atoms with Crippen molar-refractivity contribution in [3.05, 3.63) is 5.82 Å². The van der Waals surface area contributed by atoms with E-state index in [2.05, 4.69) is 57.2 Å². The normalized spacial score (nSPS) is 21.3. The van der Waals surface area contributed by atoms with Gasteiger partial charge in [0.05, 0.1) is 6.54 Å². The zero-order chi connectivity index (χ0) is 15.0. The van der Waals surface area contributed by atoms with E-state index < -0.39 is 0 Å². The Bertz CT molecular complexity index is 473. The third-order valence-corrected chi connectivity index (χ3v) is 4.82. The van der Waals surface area contributed by atoms with Crippen molar-refractivity contribution in [3.8, 4) is 0 Å². The van der Waals surface area contributed by atoms with Crippen molar-refractivity contribution in [1.82, 2.24) is 24.6 Å². The minimum atomic E-state index is 0.577. The molecule has 1 fully saturated rings. The van der Waals surface area contributed by atoms with Gasteiger partial charge in [0.1, 0.15) is 5.82 Å². The second-order valence-electron chi connectivity index (χ2n) is 6.75. The molecule has 0 aromatic carbocycles.